The Hall–Kier alpha value is -3.45. The van der Waals surface area contributed by atoms with Crippen LogP contribution < -0.4 is 10.1 Å². The molecule has 6 nitrogen and oxygen atoms in total. The maximum Gasteiger partial charge on any atom is 0.123 e. The van der Waals surface area contributed by atoms with E-state index in [1.54, 1.807) is 30.1 Å². The minimum Gasteiger partial charge on any atom is -0.497 e. The van der Waals surface area contributed by atoms with Crippen LogP contribution in [0.3, 0.4) is 0 Å². The lowest BCUT2D eigenvalue weighted by atomic mass is 10.1. The molecule has 30 heavy (non-hydrogen) atoms. The molecule has 0 fully saturated rings. The number of hydrogen-bond acceptors (Lipinski definition) is 4. The molecule has 1 atom stereocenters. The highest BCUT2D eigenvalue weighted by molar-refractivity contribution is 5.41. The van der Waals surface area contributed by atoms with E-state index in [4.69, 9.17) is 4.74 Å². The highest BCUT2D eigenvalue weighted by Crippen LogP contribution is 2.23. The minimum absolute atomic E-state index is 0.0331. The van der Waals surface area contributed by atoms with Crippen molar-refractivity contribution in [1.82, 2.24) is 24.9 Å². The minimum atomic E-state index is -0.265. The molecule has 7 heteroatoms. The Morgan fingerprint density at radius 1 is 1.13 bits per heavy atom. The van der Waals surface area contributed by atoms with Crippen LogP contribution in [0.1, 0.15) is 29.8 Å². The summed E-state index contributed by atoms with van der Waals surface area (Å²) in [5, 5.41) is 12.3. The van der Waals surface area contributed by atoms with Gasteiger partial charge in [0.2, 0.25) is 0 Å². The van der Waals surface area contributed by atoms with E-state index in [1.165, 1.54) is 6.07 Å². The normalized spacial score (nSPS) is 12.1. The number of halogens is 1. The van der Waals surface area contributed by atoms with Gasteiger partial charge < -0.3 is 10.1 Å². The molecule has 0 radical (unpaired) electrons. The van der Waals surface area contributed by atoms with Crippen LogP contribution >= 0.6 is 0 Å². The first-order valence-corrected chi connectivity index (χ1v) is 9.77. The van der Waals surface area contributed by atoms with Gasteiger partial charge in [-0.05, 0) is 67.9 Å². The Kier molecular flexibility index (Phi) is 5.63. The van der Waals surface area contributed by atoms with Gasteiger partial charge in [-0.15, -0.1) is 0 Å². The van der Waals surface area contributed by atoms with Crippen molar-refractivity contribution in [2.24, 2.45) is 0 Å². The highest BCUT2D eigenvalue weighted by atomic mass is 19.1. The molecule has 1 unspecified atom stereocenters. The maximum absolute atomic E-state index is 13.9. The summed E-state index contributed by atoms with van der Waals surface area (Å²) in [5.41, 5.74) is 4.80. The lowest BCUT2D eigenvalue weighted by Gasteiger charge is -2.16. The lowest BCUT2D eigenvalue weighted by molar-refractivity contribution is 0.414. The Labute approximate surface area is 174 Å². The van der Waals surface area contributed by atoms with Crippen LogP contribution in [0.2, 0.25) is 0 Å². The molecule has 4 rings (SSSR count). The average molecular weight is 405 g/mol. The molecule has 154 valence electrons. The number of hydrogen-bond donors (Lipinski definition) is 1. The van der Waals surface area contributed by atoms with E-state index in [2.05, 4.69) is 22.4 Å². The van der Waals surface area contributed by atoms with E-state index in [0.29, 0.717) is 6.54 Å². The van der Waals surface area contributed by atoms with Crippen LogP contribution in [0, 0.1) is 12.7 Å². The van der Waals surface area contributed by atoms with Gasteiger partial charge in [-0.1, -0.05) is 0 Å². The molecule has 0 amide bonds. The summed E-state index contributed by atoms with van der Waals surface area (Å²) in [6.07, 6.45) is 5.43. The number of nitrogens with zero attached hydrogens (tertiary/aromatic N) is 4. The summed E-state index contributed by atoms with van der Waals surface area (Å²) in [4.78, 5) is 0. The van der Waals surface area contributed by atoms with Gasteiger partial charge in [0.25, 0.3) is 0 Å². The van der Waals surface area contributed by atoms with E-state index in [9.17, 15) is 4.39 Å². The van der Waals surface area contributed by atoms with E-state index < -0.39 is 0 Å². The first-order chi connectivity index (χ1) is 14.6. The van der Waals surface area contributed by atoms with E-state index in [0.717, 1.165) is 33.9 Å². The molecule has 0 aliphatic heterocycles. The molecule has 0 bridgehead atoms. The molecule has 0 aliphatic rings. The fourth-order valence-electron chi connectivity index (χ4n) is 3.53. The van der Waals surface area contributed by atoms with Crippen molar-refractivity contribution in [2.75, 3.05) is 7.11 Å². The third-order valence-corrected chi connectivity index (χ3v) is 5.22. The third kappa shape index (κ3) is 3.97. The van der Waals surface area contributed by atoms with E-state index >= 15 is 0 Å². The van der Waals surface area contributed by atoms with Gasteiger partial charge in [-0.25, -0.2) is 13.8 Å². The number of methoxy groups -OCH3 is 1. The molecule has 2 aromatic carbocycles. The highest BCUT2D eigenvalue weighted by Gasteiger charge is 2.15. The Bertz CT molecular complexity index is 1120. The molecule has 0 aliphatic carbocycles. The van der Waals surface area contributed by atoms with Crippen molar-refractivity contribution in [3.8, 4) is 17.1 Å². The Morgan fingerprint density at radius 3 is 2.63 bits per heavy atom. The van der Waals surface area contributed by atoms with Gasteiger partial charge in [-0.2, -0.15) is 10.2 Å². The van der Waals surface area contributed by atoms with E-state index in [-0.39, 0.29) is 11.9 Å². The molecule has 0 spiro atoms. The van der Waals surface area contributed by atoms with Crippen LogP contribution in [-0.2, 0) is 6.54 Å². The second-order valence-corrected chi connectivity index (χ2v) is 7.12. The molecular formula is C23H24FN5O. The van der Waals surface area contributed by atoms with Crippen molar-refractivity contribution in [3.05, 3.63) is 89.8 Å². The topological polar surface area (TPSA) is 56.9 Å². The number of benzene rings is 2. The summed E-state index contributed by atoms with van der Waals surface area (Å²) >= 11 is 0. The molecule has 2 heterocycles. The monoisotopic (exact) mass is 405 g/mol. The Morgan fingerprint density at radius 2 is 1.93 bits per heavy atom. The van der Waals surface area contributed by atoms with Crippen LogP contribution in [0.5, 0.6) is 5.75 Å². The lowest BCUT2D eigenvalue weighted by Crippen LogP contribution is -2.20. The third-order valence-electron chi connectivity index (χ3n) is 5.22. The fraction of sp³-hybridized carbons (Fsp3) is 0.217. The number of rotatable bonds is 7. The standard InChI is InChI=1S/C23H24FN5O/c1-16(22-15-27-29(17(22)2)20-6-8-21(30-3)9-7-20)25-14-18-13-19(24)5-10-23(18)28-12-4-11-26-28/h4-13,15-16,25H,14H2,1-3H3. The van der Waals surface area contributed by atoms with Gasteiger partial charge in [0, 0.05) is 36.2 Å². The van der Waals surface area contributed by atoms with Crippen LogP contribution in [0.25, 0.3) is 11.4 Å². The van der Waals surface area contributed by atoms with Gasteiger partial charge in [0.05, 0.1) is 24.7 Å². The predicted octanol–water partition coefficient (Wildman–Crippen LogP) is 4.36. The van der Waals surface area contributed by atoms with Crippen molar-refractivity contribution in [1.29, 1.82) is 0 Å². The first-order valence-electron chi connectivity index (χ1n) is 9.77. The molecule has 0 saturated carbocycles. The largest absolute Gasteiger partial charge is 0.497 e. The summed E-state index contributed by atoms with van der Waals surface area (Å²) in [6.45, 7) is 4.62. The quantitative estimate of drug-likeness (QED) is 0.496. The molecule has 2 aromatic heterocycles. The predicted molar refractivity (Wildman–Crippen MR) is 114 cm³/mol. The van der Waals surface area contributed by atoms with Crippen molar-refractivity contribution >= 4 is 0 Å². The summed E-state index contributed by atoms with van der Waals surface area (Å²) < 4.78 is 22.7. The number of aromatic nitrogens is 4. The smallest absolute Gasteiger partial charge is 0.123 e. The number of ether oxygens (including phenoxy) is 1. The van der Waals surface area contributed by atoms with Gasteiger partial charge in [0.15, 0.2) is 0 Å². The van der Waals surface area contributed by atoms with Crippen molar-refractivity contribution in [3.63, 3.8) is 0 Å². The van der Waals surface area contributed by atoms with Gasteiger partial charge in [-0.3, -0.25) is 0 Å². The molecule has 0 saturated heterocycles. The zero-order valence-electron chi connectivity index (χ0n) is 17.2. The van der Waals surface area contributed by atoms with Gasteiger partial charge >= 0.3 is 0 Å². The molecule has 4 aromatic rings. The Balaban J connectivity index is 1.52. The van der Waals surface area contributed by atoms with Crippen molar-refractivity contribution in [2.45, 2.75) is 26.4 Å². The van der Waals surface area contributed by atoms with Crippen LogP contribution in [-0.4, -0.2) is 26.7 Å². The fourth-order valence-corrected chi connectivity index (χ4v) is 3.53. The zero-order valence-corrected chi connectivity index (χ0v) is 17.2. The van der Waals surface area contributed by atoms with Crippen molar-refractivity contribution < 1.29 is 9.13 Å². The molecular weight excluding hydrogens is 381 g/mol. The zero-order chi connectivity index (χ0) is 21.1. The summed E-state index contributed by atoms with van der Waals surface area (Å²) in [5.74, 6) is 0.542. The second-order valence-electron chi connectivity index (χ2n) is 7.12. The van der Waals surface area contributed by atoms with Crippen LogP contribution in [0.15, 0.2) is 67.1 Å². The number of nitrogens with one attached hydrogen (secondary N) is 1. The second kappa shape index (κ2) is 8.51. The van der Waals surface area contributed by atoms with Gasteiger partial charge in [0.1, 0.15) is 11.6 Å². The average Bonchev–Trinajstić information content (AvgIpc) is 3.42. The van der Waals surface area contributed by atoms with Crippen LogP contribution in [0.4, 0.5) is 4.39 Å². The first kappa shape index (κ1) is 19.8. The SMILES string of the molecule is COc1ccc(-n2ncc(C(C)NCc3cc(F)ccc3-n3cccn3)c2C)cc1. The maximum atomic E-state index is 13.9. The van der Waals surface area contributed by atoms with E-state index in [1.807, 2.05) is 54.3 Å². The summed E-state index contributed by atoms with van der Waals surface area (Å²) in [6, 6.07) is 14.4. The summed E-state index contributed by atoms with van der Waals surface area (Å²) in [7, 11) is 1.65. The molecule has 1 N–H and O–H groups in total.